The average Bonchev–Trinajstić information content (AvgIpc) is 2.37. The Labute approximate surface area is 111 Å². The van der Waals surface area contributed by atoms with E-state index in [0.717, 1.165) is 18.9 Å². The molecule has 0 aromatic heterocycles. The Kier molecular flexibility index (Phi) is 4.65. The maximum absolute atomic E-state index is 5.68. The molecule has 1 fully saturated rings. The van der Waals surface area contributed by atoms with Crippen molar-refractivity contribution >= 4 is 0 Å². The second-order valence-electron chi connectivity index (χ2n) is 6.05. The van der Waals surface area contributed by atoms with Gasteiger partial charge in [0, 0.05) is 12.6 Å². The van der Waals surface area contributed by atoms with Crippen molar-refractivity contribution in [3.8, 4) is 5.75 Å². The van der Waals surface area contributed by atoms with Gasteiger partial charge in [0.1, 0.15) is 12.4 Å². The Hall–Kier alpha value is -1.02. The van der Waals surface area contributed by atoms with Gasteiger partial charge < -0.3 is 10.1 Å². The zero-order valence-electron chi connectivity index (χ0n) is 11.6. The predicted octanol–water partition coefficient (Wildman–Crippen LogP) is 3.62. The van der Waals surface area contributed by atoms with Gasteiger partial charge in [0.2, 0.25) is 0 Å². The Morgan fingerprint density at radius 2 is 1.83 bits per heavy atom. The van der Waals surface area contributed by atoms with Gasteiger partial charge in [-0.1, -0.05) is 32.0 Å². The molecule has 0 heterocycles. The first kappa shape index (κ1) is 13.4. The molecule has 1 saturated carbocycles. The van der Waals surface area contributed by atoms with Gasteiger partial charge in [0.25, 0.3) is 0 Å². The van der Waals surface area contributed by atoms with E-state index >= 15 is 0 Å². The van der Waals surface area contributed by atoms with Crippen LogP contribution < -0.4 is 10.1 Å². The molecule has 1 aromatic carbocycles. The van der Waals surface area contributed by atoms with E-state index in [0.29, 0.717) is 11.5 Å². The number of para-hydroxylation sites is 1. The normalized spacial score (nSPS) is 19.7. The molecule has 100 valence electrons. The first-order valence-electron chi connectivity index (χ1n) is 7.07. The molecule has 1 N–H and O–H groups in total. The molecular weight excluding hydrogens is 222 g/mol. The van der Waals surface area contributed by atoms with Gasteiger partial charge in [0.05, 0.1) is 0 Å². The van der Waals surface area contributed by atoms with E-state index in [1.807, 2.05) is 30.3 Å². The second-order valence-corrected chi connectivity index (χ2v) is 6.05. The zero-order chi connectivity index (χ0) is 12.8. The maximum Gasteiger partial charge on any atom is 0.119 e. The summed E-state index contributed by atoms with van der Waals surface area (Å²) in [5.74, 6) is 0.962. The molecule has 0 spiro atoms. The minimum atomic E-state index is 0.554. The van der Waals surface area contributed by atoms with Gasteiger partial charge in [-0.3, -0.25) is 0 Å². The minimum absolute atomic E-state index is 0.554. The number of ether oxygens (including phenoxy) is 1. The van der Waals surface area contributed by atoms with Crippen molar-refractivity contribution in [1.29, 1.82) is 0 Å². The summed E-state index contributed by atoms with van der Waals surface area (Å²) in [6.45, 7) is 6.45. The fourth-order valence-electron chi connectivity index (χ4n) is 2.55. The number of benzene rings is 1. The summed E-state index contributed by atoms with van der Waals surface area (Å²) in [4.78, 5) is 0. The number of rotatable bonds is 5. The molecule has 0 aliphatic heterocycles. The van der Waals surface area contributed by atoms with E-state index in [1.165, 1.54) is 25.7 Å². The summed E-state index contributed by atoms with van der Waals surface area (Å²) >= 11 is 0. The Bertz CT molecular complexity index is 337. The van der Waals surface area contributed by atoms with E-state index in [4.69, 9.17) is 4.74 Å². The first-order chi connectivity index (χ1) is 8.66. The van der Waals surface area contributed by atoms with Crippen molar-refractivity contribution in [2.24, 2.45) is 5.41 Å². The standard InChI is InChI=1S/C16H25NO/c1-16(2)10-8-14(9-11-16)17-12-13-18-15-6-4-3-5-7-15/h3-7,14,17H,8-13H2,1-2H3. The molecule has 1 aromatic rings. The van der Waals surface area contributed by atoms with Crippen molar-refractivity contribution in [3.63, 3.8) is 0 Å². The lowest BCUT2D eigenvalue weighted by Gasteiger charge is -2.34. The summed E-state index contributed by atoms with van der Waals surface area (Å²) in [5.41, 5.74) is 0.554. The summed E-state index contributed by atoms with van der Waals surface area (Å²) in [7, 11) is 0. The SMILES string of the molecule is CC1(C)CCC(NCCOc2ccccc2)CC1. The van der Waals surface area contributed by atoms with Crippen LogP contribution in [0, 0.1) is 5.41 Å². The van der Waals surface area contributed by atoms with E-state index in [9.17, 15) is 0 Å². The lowest BCUT2D eigenvalue weighted by molar-refractivity contribution is 0.200. The van der Waals surface area contributed by atoms with Crippen molar-refractivity contribution in [1.82, 2.24) is 5.32 Å². The fourth-order valence-corrected chi connectivity index (χ4v) is 2.55. The van der Waals surface area contributed by atoms with E-state index < -0.39 is 0 Å². The number of nitrogens with one attached hydrogen (secondary N) is 1. The molecule has 1 aliphatic rings. The van der Waals surface area contributed by atoms with Crippen molar-refractivity contribution in [3.05, 3.63) is 30.3 Å². The Morgan fingerprint density at radius 1 is 1.17 bits per heavy atom. The van der Waals surface area contributed by atoms with Crippen LogP contribution in [0.15, 0.2) is 30.3 Å². The molecule has 1 aliphatic carbocycles. The van der Waals surface area contributed by atoms with Gasteiger partial charge in [-0.25, -0.2) is 0 Å². The second kappa shape index (κ2) is 6.24. The van der Waals surface area contributed by atoms with Crippen LogP contribution in [0.4, 0.5) is 0 Å². The van der Waals surface area contributed by atoms with Crippen LogP contribution in [0.1, 0.15) is 39.5 Å². The molecule has 0 saturated heterocycles. The monoisotopic (exact) mass is 247 g/mol. The van der Waals surface area contributed by atoms with E-state index in [2.05, 4.69) is 19.2 Å². The summed E-state index contributed by atoms with van der Waals surface area (Å²) in [5, 5.41) is 3.60. The predicted molar refractivity (Wildman–Crippen MR) is 76.0 cm³/mol. The third-order valence-corrected chi connectivity index (χ3v) is 3.89. The van der Waals surface area contributed by atoms with Gasteiger partial charge in [-0.2, -0.15) is 0 Å². The molecule has 0 bridgehead atoms. The number of hydrogen-bond donors (Lipinski definition) is 1. The summed E-state index contributed by atoms with van der Waals surface area (Å²) < 4.78 is 5.68. The molecule has 0 amide bonds. The molecule has 2 nitrogen and oxygen atoms in total. The molecule has 18 heavy (non-hydrogen) atoms. The number of hydrogen-bond acceptors (Lipinski definition) is 2. The highest BCUT2D eigenvalue weighted by Crippen LogP contribution is 2.34. The Balaban J connectivity index is 1.59. The largest absolute Gasteiger partial charge is 0.492 e. The Morgan fingerprint density at radius 3 is 2.50 bits per heavy atom. The van der Waals surface area contributed by atoms with Gasteiger partial charge in [-0.15, -0.1) is 0 Å². The van der Waals surface area contributed by atoms with E-state index in [1.54, 1.807) is 0 Å². The lowest BCUT2D eigenvalue weighted by Crippen LogP contribution is -2.37. The van der Waals surface area contributed by atoms with Crippen LogP contribution in [0.25, 0.3) is 0 Å². The minimum Gasteiger partial charge on any atom is -0.492 e. The third kappa shape index (κ3) is 4.34. The quantitative estimate of drug-likeness (QED) is 0.802. The summed E-state index contributed by atoms with van der Waals surface area (Å²) in [6.07, 6.45) is 5.28. The molecule has 0 radical (unpaired) electrons. The van der Waals surface area contributed by atoms with E-state index in [-0.39, 0.29) is 0 Å². The zero-order valence-corrected chi connectivity index (χ0v) is 11.6. The van der Waals surface area contributed by atoms with Crippen LogP contribution in [-0.4, -0.2) is 19.2 Å². The third-order valence-electron chi connectivity index (χ3n) is 3.89. The van der Waals surface area contributed by atoms with Crippen LogP contribution >= 0.6 is 0 Å². The van der Waals surface area contributed by atoms with Crippen LogP contribution in [0.3, 0.4) is 0 Å². The van der Waals surface area contributed by atoms with Crippen molar-refractivity contribution in [2.45, 2.75) is 45.6 Å². The topological polar surface area (TPSA) is 21.3 Å². The highest BCUT2D eigenvalue weighted by molar-refractivity contribution is 5.20. The average molecular weight is 247 g/mol. The molecule has 2 rings (SSSR count). The molecule has 0 unspecified atom stereocenters. The maximum atomic E-state index is 5.68. The lowest BCUT2D eigenvalue weighted by atomic mass is 9.75. The van der Waals surface area contributed by atoms with Gasteiger partial charge in [-0.05, 0) is 43.2 Å². The molecular formula is C16H25NO. The van der Waals surface area contributed by atoms with Gasteiger partial charge >= 0.3 is 0 Å². The highest BCUT2D eigenvalue weighted by atomic mass is 16.5. The van der Waals surface area contributed by atoms with Crippen LogP contribution in [-0.2, 0) is 0 Å². The molecule has 2 heteroatoms. The fraction of sp³-hybridized carbons (Fsp3) is 0.625. The summed E-state index contributed by atoms with van der Waals surface area (Å²) in [6, 6.07) is 10.7. The smallest absolute Gasteiger partial charge is 0.119 e. The highest BCUT2D eigenvalue weighted by Gasteiger charge is 2.26. The van der Waals surface area contributed by atoms with Crippen molar-refractivity contribution in [2.75, 3.05) is 13.2 Å². The van der Waals surface area contributed by atoms with Gasteiger partial charge in [0.15, 0.2) is 0 Å². The van der Waals surface area contributed by atoms with Crippen LogP contribution in [0.5, 0.6) is 5.75 Å². The van der Waals surface area contributed by atoms with Crippen molar-refractivity contribution < 1.29 is 4.74 Å². The first-order valence-corrected chi connectivity index (χ1v) is 7.07. The van der Waals surface area contributed by atoms with Crippen LogP contribution in [0.2, 0.25) is 0 Å². The molecule has 0 atom stereocenters.